The molecule has 1 saturated carbocycles. The average molecular weight is 347 g/mol. The summed E-state index contributed by atoms with van der Waals surface area (Å²) in [6.45, 7) is 0.868. The summed E-state index contributed by atoms with van der Waals surface area (Å²) in [4.78, 5) is 4.38. The van der Waals surface area contributed by atoms with Crippen LogP contribution in [0.25, 0.3) is 21.9 Å². The van der Waals surface area contributed by atoms with Gasteiger partial charge in [0.05, 0.1) is 0 Å². The average Bonchev–Trinajstić information content (AvgIpc) is 2.68. The number of benzene rings is 2. The molecule has 4 heteroatoms. The van der Waals surface area contributed by atoms with Crippen molar-refractivity contribution in [1.29, 1.82) is 0 Å². The minimum absolute atomic E-state index is 0.277. The van der Waals surface area contributed by atoms with Crippen molar-refractivity contribution in [2.45, 2.75) is 44.3 Å². The summed E-state index contributed by atoms with van der Waals surface area (Å²) in [6, 6.07) is 14.8. The SMILES string of the molecule is NC1CCC(NCc2ccc3cncc(-c4ccc(O)cc4)c3c2)CC1. The van der Waals surface area contributed by atoms with Gasteiger partial charge in [-0.1, -0.05) is 24.3 Å². The van der Waals surface area contributed by atoms with Crippen molar-refractivity contribution < 1.29 is 5.11 Å². The lowest BCUT2D eigenvalue weighted by atomic mass is 9.91. The fourth-order valence-electron chi connectivity index (χ4n) is 3.78. The number of nitrogens with two attached hydrogens (primary N) is 1. The van der Waals surface area contributed by atoms with Gasteiger partial charge >= 0.3 is 0 Å². The van der Waals surface area contributed by atoms with Crippen LogP contribution in [0.2, 0.25) is 0 Å². The first-order valence-corrected chi connectivity index (χ1v) is 9.34. The summed E-state index contributed by atoms with van der Waals surface area (Å²) in [5, 5.41) is 15.5. The molecule has 4 N–H and O–H groups in total. The Morgan fingerprint density at radius 3 is 2.54 bits per heavy atom. The standard InChI is InChI=1S/C22H25N3O/c23-18-5-7-19(8-6-18)25-12-15-1-2-17-13-24-14-22(21(17)11-15)16-3-9-20(26)10-4-16/h1-4,9-11,13-14,18-19,25-26H,5-8,12,23H2. The molecule has 0 saturated heterocycles. The zero-order chi connectivity index (χ0) is 17.9. The Kier molecular flexibility index (Phi) is 4.87. The highest BCUT2D eigenvalue weighted by Gasteiger charge is 2.17. The van der Waals surface area contributed by atoms with Crippen LogP contribution in [0.4, 0.5) is 0 Å². The number of aromatic nitrogens is 1. The van der Waals surface area contributed by atoms with Gasteiger partial charge in [0.1, 0.15) is 5.75 Å². The molecule has 0 bridgehead atoms. The number of hydrogen-bond donors (Lipinski definition) is 3. The summed E-state index contributed by atoms with van der Waals surface area (Å²) in [6.07, 6.45) is 8.36. The summed E-state index contributed by atoms with van der Waals surface area (Å²) < 4.78 is 0. The molecule has 4 rings (SSSR count). The number of hydrogen-bond acceptors (Lipinski definition) is 4. The molecule has 0 spiro atoms. The third-order valence-corrected chi connectivity index (χ3v) is 5.37. The fraction of sp³-hybridized carbons (Fsp3) is 0.318. The molecule has 1 aliphatic carbocycles. The van der Waals surface area contributed by atoms with Crippen LogP contribution in [0.15, 0.2) is 54.9 Å². The largest absolute Gasteiger partial charge is 0.508 e. The van der Waals surface area contributed by atoms with Crippen molar-refractivity contribution >= 4 is 10.8 Å². The summed E-state index contributed by atoms with van der Waals surface area (Å²) in [5.41, 5.74) is 9.43. The molecule has 1 fully saturated rings. The normalized spacial score (nSPS) is 20.3. The Balaban J connectivity index is 1.57. The number of phenolic OH excluding ortho intramolecular Hbond substituents is 1. The molecule has 0 amide bonds. The number of rotatable bonds is 4. The van der Waals surface area contributed by atoms with E-state index < -0.39 is 0 Å². The molecule has 0 radical (unpaired) electrons. The van der Waals surface area contributed by atoms with Gasteiger partial charge in [-0.25, -0.2) is 0 Å². The summed E-state index contributed by atoms with van der Waals surface area (Å²) in [5.74, 6) is 0.277. The van der Waals surface area contributed by atoms with Crippen LogP contribution in [-0.2, 0) is 6.54 Å². The van der Waals surface area contributed by atoms with Crippen LogP contribution in [0, 0.1) is 0 Å². The Bertz CT molecular complexity index is 884. The molecule has 26 heavy (non-hydrogen) atoms. The molecule has 3 aromatic rings. The van der Waals surface area contributed by atoms with Gasteiger partial charge in [-0.05, 0) is 60.4 Å². The van der Waals surface area contributed by atoms with Crippen LogP contribution < -0.4 is 11.1 Å². The number of phenols is 1. The van der Waals surface area contributed by atoms with Crippen LogP contribution in [0.1, 0.15) is 31.2 Å². The highest BCUT2D eigenvalue weighted by Crippen LogP contribution is 2.29. The lowest BCUT2D eigenvalue weighted by Gasteiger charge is -2.27. The van der Waals surface area contributed by atoms with Crippen LogP contribution in [0.5, 0.6) is 5.75 Å². The third-order valence-electron chi connectivity index (χ3n) is 5.37. The number of pyridine rings is 1. The maximum absolute atomic E-state index is 9.54. The summed E-state index contributed by atoms with van der Waals surface area (Å²) >= 11 is 0. The molecule has 0 unspecified atom stereocenters. The van der Waals surface area contributed by atoms with Gasteiger partial charge in [0.15, 0.2) is 0 Å². The van der Waals surface area contributed by atoms with E-state index in [-0.39, 0.29) is 5.75 Å². The smallest absolute Gasteiger partial charge is 0.115 e. The monoisotopic (exact) mass is 347 g/mol. The molecule has 1 heterocycles. The van der Waals surface area contributed by atoms with E-state index in [0.717, 1.165) is 48.7 Å². The first-order chi connectivity index (χ1) is 12.7. The second-order valence-corrected chi connectivity index (χ2v) is 7.28. The highest BCUT2D eigenvalue weighted by atomic mass is 16.3. The van der Waals surface area contributed by atoms with Crippen molar-refractivity contribution in [1.82, 2.24) is 10.3 Å². The third kappa shape index (κ3) is 3.71. The van der Waals surface area contributed by atoms with E-state index in [1.165, 1.54) is 10.9 Å². The zero-order valence-corrected chi connectivity index (χ0v) is 14.9. The number of aromatic hydroxyl groups is 1. The second-order valence-electron chi connectivity index (χ2n) is 7.28. The Hall–Kier alpha value is -2.43. The quantitative estimate of drug-likeness (QED) is 0.668. The highest BCUT2D eigenvalue weighted by molar-refractivity contribution is 5.96. The first-order valence-electron chi connectivity index (χ1n) is 9.34. The van der Waals surface area contributed by atoms with Gasteiger partial charge in [0, 0.05) is 42.0 Å². The molecular weight excluding hydrogens is 322 g/mol. The van der Waals surface area contributed by atoms with Gasteiger partial charge in [0.25, 0.3) is 0 Å². The van der Waals surface area contributed by atoms with Gasteiger partial charge in [0.2, 0.25) is 0 Å². The van der Waals surface area contributed by atoms with Crippen molar-refractivity contribution in [2.75, 3.05) is 0 Å². The first kappa shape index (κ1) is 17.0. The van der Waals surface area contributed by atoms with E-state index in [9.17, 15) is 5.11 Å². The molecule has 134 valence electrons. The van der Waals surface area contributed by atoms with E-state index in [2.05, 4.69) is 28.5 Å². The summed E-state index contributed by atoms with van der Waals surface area (Å²) in [7, 11) is 0. The van der Waals surface area contributed by atoms with Crippen LogP contribution in [0.3, 0.4) is 0 Å². The predicted octanol–water partition coefficient (Wildman–Crippen LogP) is 3.97. The fourth-order valence-corrected chi connectivity index (χ4v) is 3.78. The minimum Gasteiger partial charge on any atom is -0.508 e. The Morgan fingerprint density at radius 2 is 1.77 bits per heavy atom. The molecule has 1 aromatic heterocycles. The van der Waals surface area contributed by atoms with Gasteiger partial charge in [-0.3, -0.25) is 4.98 Å². The molecule has 0 atom stereocenters. The van der Waals surface area contributed by atoms with Crippen LogP contribution >= 0.6 is 0 Å². The van der Waals surface area contributed by atoms with Gasteiger partial charge in [-0.2, -0.15) is 0 Å². The molecule has 2 aromatic carbocycles. The molecule has 1 aliphatic rings. The van der Waals surface area contributed by atoms with Crippen LogP contribution in [-0.4, -0.2) is 22.2 Å². The van der Waals surface area contributed by atoms with Crippen molar-refractivity contribution in [3.8, 4) is 16.9 Å². The van der Waals surface area contributed by atoms with Crippen molar-refractivity contribution in [2.24, 2.45) is 5.73 Å². The predicted molar refractivity (Wildman–Crippen MR) is 106 cm³/mol. The lowest BCUT2D eigenvalue weighted by Crippen LogP contribution is -2.37. The van der Waals surface area contributed by atoms with Crippen molar-refractivity contribution in [3.05, 3.63) is 60.4 Å². The topological polar surface area (TPSA) is 71.2 Å². The van der Waals surface area contributed by atoms with Gasteiger partial charge in [-0.15, -0.1) is 0 Å². The van der Waals surface area contributed by atoms with Gasteiger partial charge < -0.3 is 16.2 Å². The maximum atomic E-state index is 9.54. The van der Waals surface area contributed by atoms with E-state index in [1.807, 2.05) is 24.5 Å². The van der Waals surface area contributed by atoms with E-state index in [0.29, 0.717) is 12.1 Å². The molecule has 0 aliphatic heterocycles. The number of nitrogens with one attached hydrogen (secondary N) is 1. The van der Waals surface area contributed by atoms with Crippen molar-refractivity contribution in [3.63, 3.8) is 0 Å². The molecule has 4 nitrogen and oxygen atoms in total. The molecular formula is C22H25N3O. The lowest BCUT2D eigenvalue weighted by molar-refractivity contribution is 0.342. The maximum Gasteiger partial charge on any atom is 0.115 e. The van der Waals surface area contributed by atoms with E-state index >= 15 is 0 Å². The van der Waals surface area contributed by atoms with E-state index in [1.54, 1.807) is 12.1 Å². The number of nitrogens with zero attached hydrogens (tertiary/aromatic N) is 1. The Morgan fingerprint density at radius 1 is 1.00 bits per heavy atom. The Labute approximate surface area is 154 Å². The second kappa shape index (κ2) is 7.44. The number of fused-ring (bicyclic) bond motifs is 1. The van der Waals surface area contributed by atoms with E-state index in [4.69, 9.17) is 5.73 Å². The zero-order valence-electron chi connectivity index (χ0n) is 14.9. The minimum atomic E-state index is 0.277.